The van der Waals surface area contributed by atoms with Crippen molar-refractivity contribution in [3.63, 3.8) is 0 Å². The molecule has 8 rings (SSSR count). The normalized spacial score (nSPS) is 17.0. The van der Waals surface area contributed by atoms with Crippen molar-refractivity contribution in [3.8, 4) is 44.5 Å². The highest BCUT2D eigenvalue weighted by Crippen LogP contribution is 2.46. The van der Waals surface area contributed by atoms with E-state index in [0.717, 1.165) is 5.56 Å². The van der Waals surface area contributed by atoms with E-state index in [-0.39, 0.29) is 27.1 Å². The summed E-state index contributed by atoms with van der Waals surface area (Å²) in [7, 11) is 0. The SMILES string of the molecule is [2H]c1c([2H])c([2H])c(-c2c([2H])c([2H])c([2H])c(-c3c4c([2H])c([2H])c([2H])c([2H])c4c(-c4cc(-c5ccccc5)cc5ccccc45)c4c([2H])c([2H])c([2H])c([2H])c34)c2[2H])c([2H])c1[2H]. The molecule has 0 aromatic heterocycles. The minimum absolute atomic E-state index is 0.0128. The molecule has 8 aromatic carbocycles. The number of rotatable bonds is 4. The molecule has 0 saturated carbocycles. The lowest BCUT2D eigenvalue weighted by Crippen LogP contribution is -1.92. The number of benzene rings is 8. The fraction of sp³-hybridized carbons (Fsp3) is 0. The molecule has 0 aliphatic rings. The third kappa shape index (κ3) is 4.08. The van der Waals surface area contributed by atoms with Gasteiger partial charge >= 0.3 is 0 Å². The van der Waals surface area contributed by atoms with Crippen LogP contribution in [-0.4, -0.2) is 0 Å². The van der Waals surface area contributed by atoms with Gasteiger partial charge in [0.2, 0.25) is 0 Å². The Bertz CT molecular complexity index is 3070. The van der Waals surface area contributed by atoms with Crippen LogP contribution in [0.25, 0.3) is 76.8 Å². The van der Waals surface area contributed by atoms with Crippen LogP contribution in [-0.2, 0) is 0 Å². The van der Waals surface area contributed by atoms with Gasteiger partial charge in [0, 0.05) is 0 Å². The molecule has 196 valence electrons. The van der Waals surface area contributed by atoms with Gasteiger partial charge in [-0.1, -0.05) is 151 Å². The molecule has 0 aliphatic carbocycles. The maximum atomic E-state index is 9.58. The van der Waals surface area contributed by atoms with Crippen LogP contribution in [0.3, 0.4) is 0 Å². The molecular weight excluding hydrogens is 504 g/mol. The van der Waals surface area contributed by atoms with Crippen molar-refractivity contribution in [2.24, 2.45) is 0 Å². The summed E-state index contributed by atoms with van der Waals surface area (Å²) in [4.78, 5) is 0. The molecule has 0 spiro atoms. The Morgan fingerprint density at radius 3 is 1.64 bits per heavy atom. The highest BCUT2D eigenvalue weighted by atomic mass is 14.2. The van der Waals surface area contributed by atoms with Crippen LogP contribution in [0.4, 0.5) is 0 Å². The standard InChI is InChI=1S/C42H28/c1-3-14-29(15-4-1)31-19-13-20-33(26-31)41-36-22-9-11-24-38(36)42(39-25-12-10-23-37(39)41)40-28-34(30-16-5-2-6-17-30)27-32-18-7-8-21-35(32)40/h1-28H/i1D,3D,4D,9D,10D,11D,12D,13D,14D,15D,19D,20D,22D,23D,24D,25D,26D. The molecule has 0 fully saturated rings. The topological polar surface area (TPSA) is 0 Å². The number of hydrogen-bond donors (Lipinski definition) is 0. The second kappa shape index (κ2) is 10.2. The molecule has 0 aliphatic heterocycles. The summed E-state index contributed by atoms with van der Waals surface area (Å²) in [5.41, 5.74) is -0.500. The first-order valence-corrected chi connectivity index (χ1v) is 13.1. The van der Waals surface area contributed by atoms with Crippen molar-refractivity contribution in [1.82, 2.24) is 0 Å². The highest BCUT2D eigenvalue weighted by Gasteiger charge is 2.19. The zero-order chi connectivity index (χ0) is 42.7. The molecular formula is C42H28. The molecule has 0 atom stereocenters. The maximum Gasteiger partial charge on any atom is 0.0636 e. The molecule has 0 amide bonds. The van der Waals surface area contributed by atoms with Crippen LogP contribution in [0.5, 0.6) is 0 Å². The number of fused-ring (bicyclic) bond motifs is 3. The highest BCUT2D eigenvalue weighted by molar-refractivity contribution is 6.24. The third-order valence-electron chi connectivity index (χ3n) is 7.24. The van der Waals surface area contributed by atoms with Crippen molar-refractivity contribution < 1.29 is 23.3 Å². The van der Waals surface area contributed by atoms with Crippen LogP contribution < -0.4 is 0 Å². The Labute approximate surface area is 270 Å². The third-order valence-corrected chi connectivity index (χ3v) is 7.24. The maximum absolute atomic E-state index is 9.58. The van der Waals surface area contributed by atoms with Gasteiger partial charge in [-0.05, 0) is 95.0 Å². The molecule has 0 heterocycles. The van der Waals surface area contributed by atoms with Gasteiger partial charge in [0.05, 0.1) is 23.3 Å². The van der Waals surface area contributed by atoms with Gasteiger partial charge < -0.3 is 0 Å². The first-order chi connectivity index (χ1) is 27.9. The predicted octanol–water partition coefficient (Wildman–Crippen LogP) is 11.8. The summed E-state index contributed by atoms with van der Waals surface area (Å²) in [6.45, 7) is 0. The van der Waals surface area contributed by atoms with Crippen LogP contribution >= 0.6 is 0 Å². The lowest BCUT2D eigenvalue weighted by molar-refractivity contribution is 1.61. The van der Waals surface area contributed by atoms with E-state index >= 15 is 0 Å². The molecule has 0 nitrogen and oxygen atoms in total. The van der Waals surface area contributed by atoms with Crippen LogP contribution in [0, 0.1) is 0 Å². The average molecular weight is 550 g/mol. The minimum Gasteiger partial charge on any atom is -0.0622 e. The summed E-state index contributed by atoms with van der Waals surface area (Å²) in [6.07, 6.45) is 0. The Balaban J connectivity index is 1.71. The van der Waals surface area contributed by atoms with E-state index in [4.69, 9.17) is 15.1 Å². The van der Waals surface area contributed by atoms with E-state index in [1.807, 2.05) is 48.5 Å². The molecule has 0 bridgehead atoms. The van der Waals surface area contributed by atoms with Gasteiger partial charge in [0.15, 0.2) is 0 Å². The smallest absolute Gasteiger partial charge is 0.0622 e. The van der Waals surface area contributed by atoms with Crippen LogP contribution in [0.1, 0.15) is 23.3 Å². The summed E-state index contributed by atoms with van der Waals surface area (Å²) in [5.74, 6) is 0. The zero-order valence-corrected chi connectivity index (χ0v) is 21.9. The van der Waals surface area contributed by atoms with E-state index in [1.165, 1.54) is 0 Å². The second-order valence-electron chi connectivity index (χ2n) is 9.61. The average Bonchev–Trinajstić information content (AvgIpc) is 3.24. The van der Waals surface area contributed by atoms with Gasteiger partial charge in [-0.25, -0.2) is 0 Å². The second-order valence-corrected chi connectivity index (χ2v) is 9.61. The van der Waals surface area contributed by atoms with Crippen molar-refractivity contribution in [2.45, 2.75) is 0 Å². The quantitative estimate of drug-likeness (QED) is 0.192. The zero-order valence-electron chi connectivity index (χ0n) is 38.9. The van der Waals surface area contributed by atoms with Crippen molar-refractivity contribution >= 4 is 32.3 Å². The van der Waals surface area contributed by atoms with Crippen LogP contribution in [0.2, 0.25) is 0 Å². The van der Waals surface area contributed by atoms with Crippen LogP contribution in [0.15, 0.2) is 169 Å². The van der Waals surface area contributed by atoms with Gasteiger partial charge in [-0.2, -0.15) is 0 Å². The summed E-state index contributed by atoms with van der Waals surface area (Å²) >= 11 is 0. The Hall–Kier alpha value is -5.46. The van der Waals surface area contributed by atoms with E-state index in [0.29, 0.717) is 21.9 Å². The molecule has 42 heavy (non-hydrogen) atoms. The predicted molar refractivity (Wildman–Crippen MR) is 181 cm³/mol. The van der Waals surface area contributed by atoms with E-state index in [1.54, 1.807) is 18.2 Å². The largest absolute Gasteiger partial charge is 0.0636 e. The molecule has 0 N–H and O–H groups in total. The van der Waals surface area contributed by atoms with Gasteiger partial charge in [-0.3, -0.25) is 0 Å². The summed E-state index contributed by atoms with van der Waals surface area (Å²) < 4.78 is 152. The molecule has 0 radical (unpaired) electrons. The Morgan fingerprint density at radius 2 is 0.929 bits per heavy atom. The van der Waals surface area contributed by atoms with Crippen molar-refractivity contribution in [2.75, 3.05) is 0 Å². The minimum atomic E-state index is -0.869. The van der Waals surface area contributed by atoms with E-state index in [9.17, 15) is 8.22 Å². The fourth-order valence-electron chi connectivity index (χ4n) is 5.43. The molecule has 0 saturated heterocycles. The van der Waals surface area contributed by atoms with E-state index < -0.39 is 125 Å². The van der Waals surface area contributed by atoms with Gasteiger partial charge in [0.25, 0.3) is 0 Å². The van der Waals surface area contributed by atoms with Crippen molar-refractivity contribution in [1.29, 1.82) is 0 Å². The van der Waals surface area contributed by atoms with E-state index in [2.05, 4.69) is 0 Å². The first kappa shape index (κ1) is 12.6. The first-order valence-electron chi connectivity index (χ1n) is 21.6. The summed E-state index contributed by atoms with van der Waals surface area (Å²) in [6, 6.07) is 7.38. The number of hydrogen-bond acceptors (Lipinski definition) is 0. The summed E-state index contributed by atoms with van der Waals surface area (Å²) in [5, 5.41) is 0.117. The molecule has 0 unspecified atom stereocenters. The lowest BCUT2D eigenvalue weighted by Gasteiger charge is -2.20. The lowest BCUT2D eigenvalue weighted by atomic mass is 9.83. The van der Waals surface area contributed by atoms with Gasteiger partial charge in [-0.15, -0.1) is 0 Å². The molecule has 0 heteroatoms. The molecule has 8 aromatic rings. The van der Waals surface area contributed by atoms with Crippen molar-refractivity contribution in [3.05, 3.63) is 169 Å². The fourth-order valence-corrected chi connectivity index (χ4v) is 5.43. The Morgan fingerprint density at radius 1 is 0.357 bits per heavy atom. The Kier molecular flexibility index (Phi) is 3.05. The monoisotopic (exact) mass is 549 g/mol. The van der Waals surface area contributed by atoms with Gasteiger partial charge in [0.1, 0.15) is 0 Å².